The van der Waals surface area contributed by atoms with Gasteiger partial charge in [-0.2, -0.15) is 15.0 Å². The third-order valence-electron chi connectivity index (χ3n) is 6.60. The number of nitrogens with zero attached hydrogens (tertiary/aromatic N) is 4. The second kappa shape index (κ2) is 11.0. The van der Waals surface area contributed by atoms with Crippen LogP contribution >= 0.6 is 0 Å². The van der Waals surface area contributed by atoms with Gasteiger partial charge >= 0.3 is 6.01 Å². The Balaban J connectivity index is 1.23. The van der Waals surface area contributed by atoms with Crippen molar-refractivity contribution in [3.8, 4) is 17.5 Å². The molecule has 0 spiro atoms. The molecule has 1 saturated heterocycles. The number of morpholine rings is 1. The van der Waals surface area contributed by atoms with Gasteiger partial charge < -0.3 is 33.6 Å². The minimum Gasteiger partial charge on any atom is -0.493 e. The quantitative estimate of drug-likeness (QED) is 0.282. The van der Waals surface area contributed by atoms with Gasteiger partial charge in [-0.25, -0.2) is 0 Å². The van der Waals surface area contributed by atoms with E-state index in [1.54, 1.807) is 14.2 Å². The molecule has 0 bridgehead atoms. The Hall–Kier alpha value is -4.57. The Bertz CT molecular complexity index is 1600. The van der Waals surface area contributed by atoms with Crippen LogP contribution in [0.15, 0.2) is 65.1 Å². The number of hydrogen-bond donors (Lipinski definition) is 1. The van der Waals surface area contributed by atoms with Crippen LogP contribution in [0.2, 0.25) is 0 Å². The maximum Gasteiger partial charge on any atom is 0.323 e. The van der Waals surface area contributed by atoms with E-state index in [1.807, 2.05) is 54.6 Å². The highest BCUT2D eigenvalue weighted by atomic mass is 16.5. The summed E-state index contributed by atoms with van der Waals surface area (Å²) in [6, 6.07) is 20.0. The molecule has 10 heteroatoms. The summed E-state index contributed by atoms with van der Waals surface area (Å²) in [6.07, 6.45) is 0.643. The van der Waals surface area contributed by atoms with E-state index in [0.29, 0.717) is 62.7 Å². The van der Waals surface area contributed by atoms with Gasteiger partial charge in [0.25, 0.3) is 0 Å². The van der Waals surface area contributed by atoms with Crippen LogP contribution in [-0.4, -0.2) is 62.1 Å². The average Bonchev–Trinajstić information content (AvgIpc) is 3.35. The molecule has 0 saturated carbocycles. The van der Waals surface area contributed by atoms with E-state index in [-0.39, 0.29) is 6.01 Å². The highest BCUT2D eigenvalue weighted by Crippen LogP contribution is 2.31. The lowest BCUT2D eigenvalue weighted by molar-refractivity contribution is 0.122. The van der Waals surface area contributed by atoms with Crippen LogP contribution in [-0.2, 0) is 11.2 Å². The standard InChI is InChI=1S/C29H29N5O5/c1-35-24-10-7-19(17-26(24)36-2)11-14-38-29-32-27(31-28(33-29)34-12-15-37-16-13-34)30-20-8-9-22-21-5-3-4-6-23(21)39-25(22)18-20/h3-10,17-18H,11-16H2,1-2H3,(H,30,31,32,33). The second-order valence-corrected chi connectivity index (χ2v) is 9.06. The zero-order valence-electron chi connectivity index (χ0n) is 21.8. The van der Waals surface area contributed by atoms with Crippen LogP contribution in [0.1, 0.15) is 5.56 Å². The summed E-state index contributed by atoms with van der Waals surface area (Å²) in [7, 11) is 3.24. The maximum atomic E-state index is 6.04. The van der Waals surface area contributed by atoms with Crippen molar-refractivity contribution in [1.29, 1.82) is 0 Å². The Morgan fingerprint density at radius 1 is 0.846 bits per heavy atom. The highest BCUT2D eigenvalue weighted by molar-refractivity contribution is 6.05. The van der Waals surface area contributed by atoms with Crippen molar-refractivity contribution in [2.24, 2.45) is 0 Å². The maximum absolute atomic E-state index is 6.04. The van der Waals surface area contributed by atoms with Gasteiger partial charge in [0.2, 0.25) is 11.9 Å². The summed E-state index contributed by atoms with van der Waals surface area (Å²) >= 11 is 0. The number of ether oxygens (including phenoxy) is 4. The van der Waals surface area contributed by atoms with Crippen molar-refractivity contribution in [3.63, 3.8) is 0 Å². The first kappa shape index (κ1) is 24.7. The molecule has 5 aromatic rings. The predicted molar refractivity (Wildman–Crippen MR) is 149 cm³/mol. The van der Waals surface area contributed by atoms with Crippen LogP contribution in [0.3, 0.4) is 0 Å². The van der Waals surface area contributed by atoms with Crippen molar-refractivity contribution in [3.05, 3.63) is 66.2 Å². The molecule has 1 fully saturated rings. The minimum atomic E-state index is 0.249. The predicted octanol–water partition coefficient (Wildman–Crippen LogP) is 4.99. The number of hydrogen-bond acceptors (Lipinski definition) is 10. The third kappa shape index (κ3) is 5.37. The zero-order valence-corrected chi connectivity index (χ0v) is 21.8. The number of benzene rings is 3. The van der Waals surface area contributed by atoms with E-state index in [4.69, 9.17) is 23.4 Å². The fourth-order valence-corrected chi connectivity index (χ4v) is 4.60. The molecule has 0 amide bonds. The first-order valence-corrected chi connectivity index (χ1v) is 12.8. The molecule has 0 aliphatic carbocycles. The molecule has 39 heavy (non-hydrogen) atoms. The summed E-state index contributed by atoms with van der Waals surface area (Å²) in [5.41, 5.74) is 3.49. The summed E-state index contributed by atoms with van der Waals surface area (Å²) in [4.78, 5) is 15.9. The zero-order chi connectivity index (χ0) is 26.6. The third-order valence-corrected chi connectivity index (χ3v) is 6.60. The van der Waals surface area contributed by atoms with E-state index in [9.17, 15) is 0 Å². The van der Waals surface area contributed by atoms with Gasteiger partial charge in [-0.05, 0) is 35.9 Å². The number of furan rings is 1. The van der Waals surface area contributed by atoms with Crippen LogP contribution in [0, 0.1) is 0 Å². The molecular weight excluding hydrogens is 498 g/mol. The largest absolute Gasteiger partial charge is 0.493 e. The molecule has 200 valence electrons. The molecule has 6 rings (SSSR count). The average molecular weight is 528 g/mol. The second-order valence-electron chi connectivity index (χ2n) is 9.06. The van der Waals surface area contributed by atoms with Crippen molar-refractivity contribution in [2.45, 2.75) is 6.42 Å². The monoisotopic (exact) mass is 527 g/mol. The van der Waals surface area contributed by atoms with Gasteiger partial charge in [0.1, 0.15) is 11.2 Å². The van der Waals surface area contributed by atoms with E-state index >= 15 is 0 Å². The molecule has 2 aromatic heterocycles. The Morgan fingerprint density at radius 3 is 2.51 bits per heavy atom. The molecule has 3 aromatic carbocycles. The summed E-state index contributed by atoms with van der Waals surface area (Å²) in [5.74, 6) is 2.30. The van der Waals surface area contributed by atoms with Crippen molar-refractivity contribution in [1.82, 2.24) is 15.0 Å². The number of anilines is 3. The molecule has 0 atom stereocenters. The van der Waals surface area contributed by atoms with E-state index in [1.165, 1.54) is 0 Å². The van der Waals surface area contributed by atoms with Gasteiger partial charge in [-0.3, -0.25) is 0 Å². The number of para-hydroxylation sites is 1. The summed E-state index contributed by atoms with van der Waals surface area (Å²) in [6.45, 7) is 3.00. The first-order chi connectivity index (χ1) is 19.2. The van der Waals surface area contributed by atoms with Crippen LogP contribution in [0.4, 0.5) is 17.6 Å². The lowest BCUT2D eigenvalue weighted by Gasteiger charge is -2.27. The number of nitrogens with one attached hydrogen (secondary N) is 1. The molecule has 1 aliphatic rings. The molecule has 10 nitrogen and oxygen atoms in total. The smallest absolute Gasteiger partial charge is 0.323 e. The minimum absolute atomic E-state index is 0.249. The van der Waals surface area contributed by atoms with Crippen molar-refractivity contribution >= 4 is 39.5 Å². The lowest BCUT2D eigenvalue weighted by Crippen LogP contribution is -2.37. The number of methoxy groups -OCH3 is 2. The molecule has 1 N–H and O–H groups in total. The van der Waals surface area contributed by atoms with Crippen molar-refractivity contribution < 1.29 is 23.4 Å². The van der Waals surface area contributed by atoms with E-state index in [0.717, 1.165) is 33.2 Å². The van der Waals surface area contributed by atoms with Gasteiger partial charge in [0, 0.05) is 42.0 Å². The summed E-state index contributed by atoms with van der Waals surface area (Å²) < 4.78 is 28.3. The number of fused-ring (bicyclic) bond motifs is 3. The molecule has 1 aliphatic heterocycles. The Morgan fingerprint density at radius 2 is 1.67 bits per heavy atom. The van der Waals surface area contributed by atoms with Gasteiger partial charge in [-0.1, -0.05) is 24.3 Å². The van der Waals surface area contributed by atoms with Crippen molar-refractivity contribution in [2.75, 3.05) is 57.3 Å². The molecule has 3 heterocycles. The normalized spacial score (nSPS) is 13.5. The Labute approximate surface area is 225 Å². The lowest BCUT2D eigenvalue weighted by atomic mass is 10.1. The van der Waals surface area contributed by atoms with Crippen LogP contribution in [0.5, 0.6) is 17.5 Å². The molecule has 0 unspecified atom stereocenters. The first-order valence-electron chi connectivity index (χ1n) is 12.8. The van der Waals surface area contributed by atoms with Gasteiger partial charge in [0.05, 0.1) is 34.0 Å². The number of aromatic nitrogens is 3. The fraction of sp³-hybridized carbons (Fsp3) is 0.276. The fourth-order valence-electron chi connectivity index (χ4n) is 4.60. The van der Waals surface area contributed by atoms with Crippen LogP contribution in [0.25, 0.3) is 21.9 Å². The van der Waals surface area contributed by atoms with E-state index in [2.05, 4.69) is 31.2 Å². The molecule has 0 radical (unpaired) electrons. The summed E-state index contributed by atoms with van der Waals surface area (Å²) in [5, 5.41) is 5.44. The van der Waals surface area contributed by atoms with Gasteiger partial charge in [-0.15, -0.1) is 0 Å². The van der Waals surface area contributed by atoms with Gasteiger partial charge in [0.15, 0.2) is 11.5 Å². The van der Waals surface area contributed by atoms with Crippen LogP contribution < -0.4 is 24.4 Å². The number of rotatable bonds is 9. The Kier molecular flexibility index (Phi) is 7.01. The molecular formula is C29H29N5O5. The SMILES string of the molecule is COc1ccc(CCOc2nc(Nc3ccc4c(c3)oc3ccccc34)nc(N3CCOCC3)n2)cc1OC. The highest BCUT2D eigenvalue weighted by Gasteiger charge is 2.18. The van der Waals surface area contributed by atoms with E-state index < -0.39 is 0 Å². The topological polar surface area (TPSA) is 104 Å².